The summed E-state index contributed by atoms with van der Waals surface area (Å²) in [5.74, 6) is -0.889. The number of carbonyl (C=O) groups is 1. The van der Waals surface area contributed by atoms with Gasteiger partial charge in [-0.15, -0.1) is 0 Å². The summed E-state index contributed by atoms with van der Waals surface area (Å²) in [4.78, 5) is 25.4. The zero-order valence-electron chi connectivity index (χ0n) is 11.1. The Morgan fingerprint density at radius 3 is 2.81 bits per heavy atom. The normalized spacial score (nSPS) is 10.4. The standard InChI is InChI=1S/C12H12BrN5O3/c1-2-8-5-3-4-6-9(8)14-10(19)7-17-11(13)15-12(16-17)18(20)21/h3-6H,2,7H2,1H3,(H,14,19). The first-order chi connectivity index (χ1) is 10.0. The van der Waals surface area contributed by atoms with Crippen LogP contribution in [0.5, 0.6) is 0 Å². The van der Waals surface area contributed by atoms with Crippen LogP contribution in [0.25, 0.3) is 0 Å². The lowest BCUT2D eigenvalue weighted by Crippen LogP contribution is -2.20. The van der Waals surface area contributed by atoms with Crippen molar-refractivity contribution in [2.45, 2.75) is 19.9 Å². The van der Waals surface area contributed by atoms with Crippen LogP contribution in [0.2, 0.25) is 0 Å². The molecule has 1 heterocycles. The molecule has 1 N–H and O–H groups in total. The van der Waals surface area contributed by atoms with E-state index in [2.05, 4.69) is 31.3 Å². The smallest absolute Gasteiger partial charge is 0.390 e. The fourth-order valence-corrected chi connectivity index (χ4v) is 2.13. The Labute approximate surface area is 128 Å². The summed E-state index contributed by atoms with van der Waals surface area (Å²) >= 11 is 3.03. The highest BCUT2D eigenvalue weighted by molar-refractivity contribution is 9.10. The molecule has 9 heteroatoms. The molecule has 0 radical (unpaired) electrons. The largest absolute Gasteiger partial charge is 0.492 e. The Balaban J connectivity index is 2.10. The minimum Gasteiger partial charge on any atom is -0.390 e. The molecule has 2 rings (SSSR count). The van der Waals surface area contributed by atoms with E-state index in [0.717, 1.165) is 22.4 Å². The zero-order valence-corrected chi connectivity index (χ0v) is 12.7. The molecule has 1 amide bonds. The third kappa shape index (κ3) is 3.63. The summed E-state index contributed by atoms with van der Waals surface area (Å²) in [6, 6.07) is 7.44. The SMILES string of the molecule is CCc1ccccc1NC(=O)Cn1nc([N+](=O)[O-])nc1Br. The number of nitrogens with one attached hydrogen (secondary N) is 1. The fraction of sp³-hybridized carbons (Fsp3) is 0.250. The van der Waals surface area contributed by atoms with Gasteiger partial charge >= 0.3 is 5.95 Å². The van der Waals surface area contributed by atoms with Crippen LogP contribution in [0.15, 0.2) is 29.0 Å². The lowest BCUT2D eigenvalue weighted by molar-refractivity contribution is -0.394. The van der Waals surface area contributed by atoms with Gasteiger partial charge in [-0.3, -0.25) is 4.79 Å². The van der Waals surface area contributed by atoms with Gasteiger partial charge in [0.15, 0.2) is 0 Å². The maximum atomic E-state index is 12.0. The number of halogens is 1. The van der Waals surface area contributed by atoms with Crippen LogP contribution >= 0.6 is 15.9 Å². The fourth-order valence-electron chi connectivity index (χ4n) is 1.77. The maximum absolute atomic E-state index is 12.0. The number of hydrogen-bond acceptors (Lipinski definition) is 5. The van der Waals surface area contributed by atoms with Gasteiger partial charge in [0.2, 0.25) is 5.91 Å². The molecule has 2 aromatic rings. The third-order valence-electron chi connectivity index (χ3n) is 2.74. The van der Waals surface area contributed by atoms with Crippen molar-refractivity contribution in [1.82, 2.24) is 14.8 Å². The number of benzene rings is 1. The molecule has 0 aliphatic rings. The van der Waals surface area contributed by atoms with Crippen molar-refractivity contribution in [3.05, 3.63) is 44.7 Å². The molecule has 1 aromatic heterocycles. The number of aromatic nitrogens is 3. The maximum Gasteiger partial charge on any atom is 0.492 e. The first-order valence-corrected chi connectivity index (χ1v) is 6.93. The van der Waals surface area contributed by atoms with Gasteiger partial charge < -0.3 is 15.4 Å². The summed E-state index contributed by atoms with van der Waals surface area (Å²) < 4.78 is 1.26. The van der Waals surface area contributed by atoms with E-state index in [1.807, 2.05) is 25.1 Å². The summed E-state index contributed by atoms with van der Waals surface area (Å²) in [5.41, 5.74) is 1.73. The second-order valence-electron chi connectivity index (χ2n) is 4.15. The van der Waals surface area contributed by atoms with Crippen LogP contribution in [0.3, 0.4) is 0 Å². The summed E-state index contributed by atoms with van der Waals surface area (Å²) in [6.45, 7) is 1.82. The molecule has 0 bridgehead atoms. The van der Waals surface area contributed by atoms with Crippen molar-refractivity contribution < 1.29 is 9.72 Å². The van der Waals surface area contributed by atoms with Crippen LogP contribution < -0.4 is 5.32 Å². The van der Waals surface area contributed by atoms with Gasteiger partial charge in [-0.25, -0.2) is 0 Å². The van der Waals surface area contributed by atoms with Crippen LogP contribution in [-0.4, -0.2) is 25.6 Å². The number of nitrogens with zero attached hydrogens (tertiary/aromatic N) is 4. The molecule has 0 atom stereocenters. The molecule has 0 spiro atoms. The van der Waals surface area contributed by atoms with E-state index in [0.29, 0.717) is 0 Å². The van der Waals surface area contributed by atoms with Gasteiger partial charge in [0.25, 0.3) is 4.73 Å². The molecule has 0 saturated heterocycles. The van der Waals surface area contributed by atoms with Crippen LogP contribution in [-0.2, 0) is 17.8 Å². The number of para-hydroxylation sites is 1. The second-order valence-corrected chi connectivity index (χ2v) is 4.86. The van der Waals surface area contributed by atoms with E-state index < -0.39 is 10.9 Å². The topological polar surface area (TPSA) is 103 Å². The van der Waals surface area contributed by atoms with Gasteiger partial charge in [-0.1, -0.05) is 25.1 Å². The number of carbonyl (C=O) groups excluding carboxylic acids is 1. The van der Waals surface area contributed by atoms with Crippen LogP contribution in [0, 0.1) is 10.1 Å². The number of amides is 1. The van der Waals surface area contributed by atoms with Gasteiger partial charge in [-0.05, 0) is 28.0 Å². The molecular formula is C12H12BrN5O3. The number of anilines is 1. The van der Waals surface area contributed by atoms with Crippen LogP contribution in [0.1, 0.15) is 12.5 Å². The minimum atomic E-state index is -0.717. The summed E-state index contributed by atoms with van der Waals surface area (Å²) in [7, 11) is 0. The molecule has 0 fully saturated rings. The van der Waals surface area contributed by atoms with E-state index in [4.69, 9.17) is 0 Å². The molecule has 8 nitrogen and oxygen atoms in total. The van der Waals surface area contributed by atoms with Crippen molar-refractivity contribution in [2.24, 2.45) is 0 Å². The molecule has 0 unspecified atom stereocenters. The van der Waals surface area contributed by atoms with E-state index >= 15 is 0 Å². The summed E-state index contributed by atoms with van der Waals surface area (Å²) in [6.07, 6.45) is 0.787. The molecular weight excluding hydrogens is 342 g/mol. The Bertz CT molecular complexity index is 685. The molecule has 1 aromatic carbocycles. The van der Waals surface area contributed by atoms with Crippen molar-refractivity contribution >= 4 is 33.5 Å². The Kier molecular flexibility index (Phi) is 4.63. The summed E-state index contributed by atoms with van der Waals surface area (Å²) in [5, 5.41) is 17.0. The molecule has 0 aliphatic carbocycles. The first-order valence-electron chi connectivity index (χ1n) is 6.13. The average molecular weight is 354 g/mol. The highest BCUT2D eigenvalue weighted by Gasteiger charge is 2.21. The monoisotopic (exact) mass is 353 g/mol. The van der Waals surface area contributed by atoms with Gasteiger partial charge in [-0.2, -0.15) is 4.68 Å². The van der Waals surface area contributed by atoms with Gasteiger partial charge in [0.1, 0.15) is 6.54 Å². The van der Waals surface area contributed by atoms with Crippen molar-refractivity contribution in [3.63, 3.8) is 0 Å². The average Bonchev–Trinajstić information content (AvgIpc) is 2.81. The quantitative estimate of drug-likeness (QED) is 0.655. The lowest BCUT2D eigenvalue weighted by atomic mass is 10.1. The van der Waals surface area contributed by atoms with Gasteiger partial charge in [0, 0.05) is 26.7 Å². The zero-order chi connectivity index (χ0) is 15.4. The van der Waals surface area contributed by atoms with Gasteiger partial charge in [0.05, 0.1) is 0 Å². The lowest BCUT2D eigenvalue weighted by Gasteiger charge is -2.08. The van der Waals surface area contributed by atoms with E-state index in [9.17, 15) is 14.9 Å². The highest BCUT2D eigenvalue weighted by atomic mass is 79.9. The highest BCUT2D eigenvalue weighted by Crippen LogP contribution is 2.16. The Hall–Kier alpha value is -2.29. The second kappa shape index (κ2) is 6.44. The number of nitro groups is 1. The third-order valence-corrected chi connectivity index (χ3v) is 3.33. The van der Waals surface area contributed by atoms with Crippen molar-refractivity contribution in [1.29, 1.82) is 0 Å². The van der Waals surface area contributed by atoms with Crippen LogP contribution in [0.4, 0.5) is 11.6 Å². The number of rotatable bonds is 5. The first kappa shape index (κ1) is 15.1. The predicted octanol–water partition coefficient (Wildman–Crippen LogP) is 2.15. The van der Waals surface area contributed by atoms with Crippen molar-refractivity contribution in [3.8, 4) is 0 Å². The minimum absolute atomic E-state index is 0.133. The number of aryl methyl sites for hydroxylation is 1. The molecule has 21 heavy (non-hydrogen) atoms. The van der Waals surface area contributed by atoms with E-state index in [1.54, 1.807) is 6.07 Å². The van der Waals surface area contributed by atoms with E-state index in [-0.39, 0.29) is 17.2 Å². The Morgan fingerprint density at radius 2 is 2.19 bits per heavy atom. The van der Waals surface area contributed by atoms with E-state index in [1.165, 1.54) is 0 Å². The Morgan fingerprint density at radius 1 is 1.48 bits per heavy atom. The predicted molar refractivity (Wildman–Crippen MR) is 78.8 cm³/mol. The molecule has 0 saturated carbocycles. The number of hydrogen-bond donors (Lipinski definition) is 1. The van der Waals surface area contributed by atoms with Crippen molar-refractivity contribution in [2.75, 3.05) is 5.32 Å². The molecule has 110 valence electrons. The molecule has 0 aliphatic heterocycles.